The molecule has 2 aromatic heterocycles. The zero-order valence-electron chi connectivity index (χ0n) is 19.6. The lowest BCUT2D eigenvalue weighted by Crippen LogP contribution is -2.31. The molecule has 0 radical (unpaired) electrons. The molecular weight excluding hydrogens is 499 g/mol. The van der Waals surface area contributed by atoms with Crippen LogP contribution in [0.4, 0.5) is 10.2 Å². The van der Waals surface area contributed by atoms with E-state index in [9.17, 15) is 29.6 Å². The molecule has 1 unspecified atom stereocenters. The van der Waals surface area contributed by atoms with Gasteiger partial charge in [0.15, 0.2) is 29.2 Å². The van der Waals surface area contributed by atoms with Gasteiger partial charge in [-0.25, -0.2) is 19.3 Å². The summed E-state index contributed by atoms with van der Waals surface area (Å²) < 4.78 is 20.5. The summed E-state index contributed by atoms with van der Waals surface area (Å²) in [4.78, 5) is 24.8. The zero-order valence-corrected chi connectivity index (χ0v) is 19.6. The number of rotatable bonds is 6. The number of nitrogen functional groups attached to an aromatic ring is 1. The third-order valence-electron chi connectivity index (χ3n) is 6.15. The van der Waals surface area contributed by atoms with Crippen molar-refractivity contribution in [3.63, 3.8) is 0 Å². The first-order chi connectivity index (χ1) is 18.2. The number of aromatic nitrogens is 4. The van der Waals surface area contributed by atoms with Crippen LogP contribution in [0.1, 0.15) is 16.6 Å². The number of hydrogen-bond donors (Lipinski definition) is 6. The smallest absolute Gasteiger partial charge is 0.255 e. The summed E-state index contributed by atoms with van der Waals surface area (Å²) in [7, 11) is 0. The van der Waals surface area contributed by atoms with Crippen LogP contribution in [0.15, 0.2) is 61.2 Å². The molecule has 38 heavy (non-hydrogen) atoms. The van der Waals surface area contributed by atoms with Crippen LogP contribution < -0.4 is 11.1 Å². The normalized spacial score (nSPS) is 21.3. The molecule has 1 aliphatic rings. The number of benzene rings is 2. The zero-order chi connectivity index (χ0) is 27.0. The second-order valence-corrected chi connectivity index (χ2v) is 8.59. The van der Waals surface area contributed by atoms with Gasteiger partial charge < -0.3 is 36.2 Å². The van der Waals surface area contributed by atoms with Gasteiger partial charge in [-0.05, 0) is 35.4 Å². The van der Waals surface area contributed by atoms with Gasteiger partial charge in [-0.1, -0.05) is 24.3 Å². The average Bonchev–Trinajstić information content (AvgIpc) is 3.45. The van der Waals surface area contributed by atoms with Gasteiger partial charge in [0.25, 0.3) is 5.91 Å². The Morgan fingerprint density at radius 1 is 1.11 bits per heavy atom. The number of imidazole rings is 1. The van der Waals surface area contributed by atoms with E-state index in [1.165, 1.54) is 65.8 Å². The minimum atomic E-state index is -1.30. The molecule has 1 saturated heterocycles. The fourth-order valence-electron chi connectivity index (χ4n) is 4.18. The number of aliphatic hydroxyl groups excluding tert-OH is 2. The van der Waals surface area contributed by atoms with Crippen LogP contribution in [-0.2, 0) is 4.74 Å². The largest absolute Gasteiger partial charge is 0.504 e. The number of anilines is 1. The Bertz CT molecular complexity index is 1530. The average molecular weight is 522 g/mol. The van der Waals surface area contributed by atoms with E-state index in [0.717, 1.165) is 0 Å². The number of carbonyl (C=O) groups excluding carboxylic acids is 1. The van der Waals surface area contributed by atoms with Gasteiger partial charge in [-0.15, -0.1) is 0 Å². The summed E-state index contributed by atoms with van der Waals surface area (Å²) in [5.41, 5.74) is 7.22. The van der Waals surface area contributed by atoms with Gasteiger partial charge in [0.1, 0.15) is 36.0 Å². The summed E-state index contributed by atoms with van der Waals surface area (Å²) in [6, 6.07) is 8.08. The number of nitrogens with one attached hydrogen (secondary N) is 1. The predicted molar refractivity (Wildman–Crippen MR) is 132 cm³/mol. The monoisotopic (exact) mass is 522 g/mol. The van der Waals surface area contributed by atoms with Crippen LogP contribution in [0.2, 0.25) is 0 Å². The van der Waals surface area contributed by atoms with Crippen molar-refractivity contribution in [2.45, 2.75) is 24.5 Å². The summed E-state index contributed by atoms with van der Waals surface area (Å²) in [6.07, 6.45) is 1.12. The highest BCUT2D eigenvalue weighted by Crippen LogP contribution is 2.35. The summed E-state index contributed by atoms with van der Waals surface area (Å²) >= 11 is 0. The summed E-state index contributed by atoms with van der Waals surface area (Å²) in [6.45, 7) is -0.0229. The van der Waals surface area contributed by atoms with E-state index in [0.29, 0.717) is 22.3 Å². The topological polar surface area (TPSA) is 189 Å². The van der Waals surface area contributed by atoms with Crippen molar-refractivity contribution in [3.8, 4) is 22.6 Å². The maximum atomic E-state index is 13.2. The molecule has 196 valence electrons. The number of fused-ring (bicyclic) bond motifs is 1. The predicted octanol–water partition coefficient (Wildman–Crippen LogP) is 1.23. The number of phenols is 2. The molecule has 0 spiro atoms. The number of aliphatic hydroxyl groups is 2. The molecular formula is C25H23FN6O6. The van der Waals surface area contributed by atoms with Crippen molar-refractivity contribution in [1.82, 2.24) is 24.8 Å². The second kappa shape index (κ2) is 10.0. The van der Waals surface area contributed by atoms with Gasteiger partial charge in [0.2, 0.25) is 0 Å². The maximum Gasteiger partial charge on any atom is 0.255 e. The van der Waals surface area contributed by atoms with E-state index in [1.54, 1.807) is 0 Å². The van der Waals surface area contributed by atoms with Crippen LogP contribution in [-0.4, -0.2) is 70.7 Å². The number of carbonyl (C=O) groups is 1. The van der Waals surface area contributed by atoms with Crippen molar-refractivity contribution in [2.24, 2.45) is 0 Å². The third-order valence-corrected chi connectivity index (χ3v) is 6.15. The molecule has 1 amide bonds. The second-order valence-electron chi connectivity index (χ2n) is 8.59. The first-order valence-corrected chi connectivity index (χ1v) is 11.5. The van der Waals surface area contributed by atoms with Crippen LogP contribution in [0.3, 0.4) is 0 Å². The SMILES string of the molecule is Nc1ncnc2c1ncn2[C@@H]1O[C@H](C=CCNC(=O)c2cc(-c3ccc(F)cc3)cc(O)c2O)[C@H](O)C1O. The Kier molecular flexibility index (Phi) is 6.63. The number of aromatic hydroxyl groups is 2. The molecule has 0 bridgehead atoms. The molecule has 5 rings (SSSR count). The molecule has 0 saturated carbocycles. The number of halogens is 1. The highest BCUT2D eigenvalue weighted by Gasteiger charge is 2.43. The molecule has 12 nitrogen and oxygen atoms in total. The Morgan fingerprint density at radius 3 is 2.63 bits per heavy atom. The number of ether oxygens (including phenoxy) is 1. The van der Waals surface area contributed by atoms with Crippen molar-refractivity contribution >= 4 is 22.9 Å². The summed E-state index contributed by atoms with van der Waals surface area (Å²) in [5, 5.41) is 43.9. The number of nitrogens with two attached hydrogens (primary N) is 1. The minimum Gasteiger partial charge on any atom is -0.504 e. The molecule has 4 aromatic rings. The quantitative estimate of drug-likeness (QED) is 0.159. The van der Waals surface area contributed by atoms with Gasteiger partial charge in [-0.3, -0.25) is 9.36 Å². The van der Waals surface area contributed by atoms with Crippen molar-refractivity contribution in [1.29, 1.82) is 0 Å². The molecule has 4 atom stereocenters. The number of hydrogen-bond acceptors (Lipinski definition) is 10. The lowest BCUT2D eigenvalue weighted by Gasteiger charge is -2.16. The Morgan fingerprint density at radius 2 is 1.87 bits per heavy atom. The van der Waals surface area contributed by atoms with Crippen LogP contribution in [0, 0.1) is 5.82 Å². The molecule has 7 N–H and O–H groups in total. The molecule has 1 aliphatic heterocycles. The Labute approximate surface area is 214 Å². The lowest BCUT2D eigenvalue weighted by molar-refractivity contribution is -0.0245. The molecule has 0 aliphatic carbocycles. The van der Waals surface area contributed by atoms with Crippen molar-refractivity contribution < 1.29 is 34.3 Å². The minimum absolute atomic E-state index is 0.0229. The number of phenolic OH excluding ortho intramolecular Hbond substituents is 2. The van der Waals surface area contributed by atoms with Crippen LogP contribution >= 0.6 is 0 Å². The number of amides is 1. The van der Waals surface area contributed by atoms with Gasteiger partial charge in [0, 0.05) is 6.54 Å². The highest BCUT2D eigenvalue weighted by molar-refractivity contribution is 5.99. The summed E-state index contributed by atoms with van der Waals surface area (Å²) in [5.74, 6) is -2.06. The Balaban J connectivity index is 1.25. The standard InChI is InChI=1S/C25H23FN6O6/c26-14-5-3-12(4-6-14)13-8-15(19(34)16(33)9-13)24(37)28-7-1-2-17-20(35)21(36)25(38-17)32-11-31-18-22(27)29-10-30-23(18)32/h1-6,8-11,17,20-21,25,33-36H,7H2,(H,28,37)(H2,27,29,30)/t17-,20+,21?,25-/m1/s1. The first kappa shape index (κ1) is 25.1. The molecule has 2 aromatic carbocycles. The fourth-order valence-corrected chi connectivity index (χ4v) is 4.18. The van der Waals surface area contributed by atoms with Crippen LogP contribution in [0.25, 0.3) is 22.3 Å². The van der Waals surface area contributed by atoms with E-state index >= 15 is 0 Å². The van der Waals surface area contributed by atoms with Gasteiger partial charge in [0.05, 0.1) is 11.9 Å². The van der Waals surface area contributed by atoms with Crippen molar-refractivity contribution in [2.75, 3.05) is 12.3 Å². The third kappa shape index (κ3) is 4.61. The highest BCUT2D eigenvalue weighted by atomic mass is 19.1. The molecule has 3 heterocycles. The van der Waals surface area contributed by atoms with E-state index in [2.05, 4.69) is 20.3 Å². The van der Waals surface area contributed by atoms with Crippen molar-refractivity contribution in [3.05, 3.63) is 72.6 Å². The van der Waals surface area contributed by atoms with Gasteiger partial charge in [-0.2, -0.15) is 0 Å². The van der Waals surface area contributed by atoms with E-state index in [1.807, 2.05) is 0 Å². The number of nitrogens with zero attached hydrogens (tertiary/aromatic N) is 4. The van der Waals surface area contributed by atoms with Crippen LogP contribution in [0.5, 0.6) is 11.5 Å². The van der Waals surface area contributed by atoms with E-state index < -0.39 is 47.8 Å². The maximum absolute atomic E-state index is 13.2. The molecule has 1 fully saturated rings. The molecule has 13 heteroatoms. The van der Waals surface area contributed by atoms with Gasteiger partial charge >= 0.3 is 0 Å². The Hall–Kier alpha value is -4.59. The van der Waals surface area contributed by atoms with E-state index in [4.69, 9.17) is 10.5 Å². The first-order valence-electron chi connectivity index (χ1n) is 11.5. The lowest BCUT2D eigenvalue weighted by atomic mass is 10.0. The fraction of sp³-hybridized carbons (Fsp3) is 0.200. The van der Waals surface area contributed by atoms with E-state index in [-0.39, 0.29) is 17.9 Å².